The predicted octanol–water partition coefficient (Wildman–Crippen LogP) is 1.69. The molecule has 2 fully saturated rings. The van der Waals surface area contributed by atoms with Gasteiger partial charge in [-0.05, 0) is 32.2 Å². The largest absolute Gasteiger partial charge is 0.322 e. The summed E-state index contributed by atoms with van der Waals surface area (Å²) < 4.78 is 12.8. The average Bonchev–Trinajstić information content (AvgIpc) is 2.71. The van der Waals surface area contributed by atoms with E-state index in [-0.39, 0.29) is 6.67 Å². The van der Waals surface area contributed by atoms with E-state index in [1.165, 1.54) is 25.7 Å². The highest BCUT2D eigenvalue weighted by molar-refractivity contribution is 4.94. The van der Waals surface area contributed by atoms with Gasteiger partial charge in [0.15, 0.2) is 0 Å². The van der Waals surface area contributed by atoms with Crippen molar-refractivity contribution in [1.82, 2.24) is 4.90 Å². The summed E-state index contributed by atoms with van der Waals surface area (Å²) in [7, 11) is 0. The van der Waals surface area contributed by atoms with E-state index in [1.54, 1.807) is 0 Å². The lowest BCUT2D eigenvalue weighted by molar-refractivity contribution is 0.0912. The Morgan fingerprint density at radius 2 is 2.00 bits per heavy atom. The molecule has 1 saturated heterocycles. The second-order valence-electron chi connectivity index (χ2n) is 5.01. The predicted molar refractivity (Wildman–Crippen MR) is 56.0 cm³/mol. The van der Waals surface area contributed by atoms with Crippen molar-refractivity contribution in [2.45, 2.75) is 50.1 Å². The lowest BCUT2D eigenvalue weighted by Crippen LogP contribution is -2.57. The van der Waals surface area contributed by atoms with Crippen LogP contribution in [-0.2, 0) is 0 Å². The van der Waals surface area contributed by atoms with Crippen LogP contribution in [0.3, 0.4) is 0 Å². The first-order valence-electron chi connectivity index (χ1n) is 5.82. The number of hydrogen-bond donors (Lipinski definition) is 1. The minimum atomic E-state index is -0.541. The molecule has 0 bridgehead atoms. The van der Waals surface area contributed by atoms with E-state index >= 15 is 0 Å². The Kier molecular flexibility index (Phi) is 3.07. The molecule has 2 aliphatic rings. The van der Waals surface area contributed by atoms with Gasteiger partial charge in [-0.3, -0.25) is 4.90 Å². The standard InChI is InChI=1S/C11H21FN2/c12-8-11(13)6-3-7-14(9-11)10-4-1-2-5-10/h10H,1-9,13H2. The van der Waals surface area contributed by atoms with Crippen LogP contribution in [0.25, 0.3) is 0 Å². The lowest BCUT2D eigenvalue weighted by atomic mass is 9.90. The SMILES string of the molecule is NC1(CF)CCCN(C2CCCC2)C1. The highest BCUT2D eigenvalue weighted by Crippen LogP contribution is 2.28. The zero-order valence-electron chi connectivity index (χ0n) is 8.84. The molecule has 0 aromatic heterocycles. The molecular formula is C11H21FN2. The summed E-state index contributed by atoms with van der Waals surface area (Å²) in [4.78, 5) is 2.43. The first-order valence-corrected chi connectivity index (χ1v) is 5.82. The van der Waals surface area contributed by atoms with Crippen molar-refractivity contribution in [3.63, 3.8) is 0 Å². The minimum Gasteiger partial charge on any atom is -0.322 e. The highest BCUT2D eigenvalue weighted by Gasteiger charge is 2.35. The molecular weight excluding hydrogens is 179 g/mol. The summed E-state index contributed by atoms with van der Waals surface area (Å²) in [6.45, 7) is 1.54. The quantitative estimate of drug-likeness (QED) is 0.735. The summed E-state index contributed by atoms with van der Waals surface area (Å²) in [6, 6.07) is 0.699. The van der Waals surface area contributed by atoms with Crippen molar-refractivity contribution < 1.29 is 4.39 Å². The van der Waals surface area contributed by atoms with Crippen molar-refractivity contribution in [2.75, 3.05) is 19.8 Å². The summed E-state index contributed by atoms with van der Waals surface area (Å²) in [5.41, 5.74) is 5.46. The van der Waals surface area contributed by atoms with Gasteiger partial charge in [0.05, 0.1) is 5.54 Å². The Balaban J connectivity index is 1.93. The molecule has 1 saturated carbocycles. The Morgan fingerprint density at radius 1 is 1.29 bits per heavy atom. The van der Waals surface area contributed by atoms with Crippen LogP contribution in [0, 0.1) is 0 Å². The van der Waals surface area contributed by atoms with Crippen LogP contribution in [0.5, 0.6) is 0 Å². The van der Waals surface area contributed by atoms with Crippen molar-refractivity contribution in [3.8, 4) is 0 Å². The smallest absolute Gasteiger partial charge is 0.109 e. The Bertz CT molecular complexity index is 192. The maximum absolute atomic E-state index is 12.8. The maximum Gasteiger partial charge on any atom is 0.109 e. The number of nitrogens with two attached hydrogens (primary N) is 1. The molecule has 1 aliphatic heterocycles. The van der Waals surface area contributed by atoms with E-state index in [2.05, 4.69) is 4.90 Å². The van der Waals surface area contributed by atoms with Crippen molar-refractivity contribution in [1.29, 1.82) is 0 Å². The molecule has 1 atom stereocenters. The molecule has 2 N–H and O–H groups in total. The number of piperidine rings is 1. The van der Waals surface area contributed by atoms with Gasteiger partial charge in [0.1, 0.15) is 6.67 Å². The Morgan fingerprint density at radius 3 is 2.64 bits per heavy atom. The Hall–Kier alpha value is -0.150. The van der Waals surface area contributed by atoms with Gasteiger partial charge in [-0.25, -0.2) is 4.39 Å². The molecule has 0 spiro atoms. The summed E-state index contributed by atoms with van der Waals surface area (Å²) in [5.74, 6) is 0. The molecule has 82 valence electrons. The van der Waals surface area contributed by atoms with E-state index in [0.717, 1.165) is 25.9 Å². The zero-order valence-corrected chi connectivity index (χ0v) is 8.84. The lowest BCUT2D eigenvalue weighted by Gasteiger charge is -2.41. The fourth-order valence-corrected chi connectivity index (χ4v) is 2.89. The Labute approximate surface area is 85.6 Å². The van der Waals surface area contributed by atoms with Gasteiger partial charge in [-0.15, -0.1) is 0 Å². The molecule has 14 heavy (non-hydrogen) atoms. The topological polar surface area (TPSA) is 29.3 Å². The van der Waals surface area contributed by atoms with Crippen LogP contribution in [0.2, 0.25) is 0 Å². The van der Waals surface area contributed by atoms with E-state index in [0.29, 0.717) is 6.04 Å². The van der Waals surface area contributed by atoms with Gasteiger partial charge >= 0.3 is 0 Å². The average molecular weight is 200 g/mol. The van der Waals surface area contributed by atoms with Crippen molar-refractivity contribution in [3.05, 3.63) is 0 Å². The molecule has 0 amide bonds. The molecule has 3 heteroatoms. The maximum atomic E-state index is 12.8. The van der Waals surface area contributed by atoms with E-state index in [9.17, 15) is 4.39 Å². The zero-order chi connectivity index (χ0) is 10.0. The van der Waals surface area contributed by atoms with Crippen LogP contribution >= 0.6 is 0 Å². The van der Waals surface area contributed by atoms with Crippen LogP contribution in [-0.4, -0.2) is 36.2 Å². The first kappa shape index (κ1) is 10.4. The third-order valence-electron chi connectivity index (χ3n) is 3.75. The second-order valence-corrected chi connectivity index (χ2v) is 5.01. The van der Waals surface area contributed by atoms with Gasteiger partial charge in [-0.1, -0.05) is 12.8 Å². The first-order chi connectivity index (χ1) is 6.73. The van der Waals surface area contributed by atoms with E-state index in [4.69, 9.17) is 5.73 Å². The number of nitrogens with zero attached hydrogens (tertiary/aromatic N) is 1. The molecule has 2 rings (SSSR count). The minimum absolute atomic E-state index is 0.365. The number of hydrogen-bond acceptors (Lipinski definition) is 2. The number of rotatable bonds is 2. The monoisotopic (exact) mass is 200 g/mol. The van der Waals surface area contributed by atoms with Crippen LogP contribution in [0.1, 0.15) is 38.5 Å². The number of likely N-dealkylation sites (tertiary alicyclic amines) is 1. The van der Waals surface area contributed by atoms with Crippen LogP contribution in [0.4, 0.5) is 4.39 Å². The van der Waals surface area contributed by atoms with Crippen LogP contribution in [0.15, 0.2) is 0 Å². The fourth-order valence-electron chi connectivity index (χ4n) is 2.89. The van der Waals surface area contributed by atoms with Gasteiger partial charge in [0.25, 0.3) is 0 Å². The molecule has 1 unspecified atom stereocenters. The van der Waals surface area contributed by atoms with Gasteiger partial charge < -0.3 is 5.73 Å². The summed E-state index contributed by atoms with van der Waals surface area (Å²) in [6.07, 6.45) is 7.19. The third kappa shape index (κ3) is 2.09. The third-order valence-corrected chi connectivity index (χ3v) is 3.75. The molecule has 1 heterocycles. The normalized spacial score (nSPS) is 36.4. The summed E-state index contributed by atoms with van der Waals surface area (Å²) >= 11 is 0. The van der Waals surface area contributed by atoms with E-state index in [1.807, 2.05) is 0 Å². The van der Waals surface area contributed by atoms with E-state index < -0.39 is 5.54 Å². The molecule has 0 radical (unpaired) electrons. The van der Waals surface area contributed by atoms with Crippen LogP contribution < -0.4 is 5.73 Å². The summed E-state index contributed by atoms with van der Waals surface area (Å²) in [5, 5.41) is 0. The molecule has 0 aromatic carbocycles. The molecule has 1 aliphatic carbocycles. The molecule has 0 aromatic rings. The highest BCUT2D eigenvalue weighted by atomic mass is 19.1. The fraction of sp³-hybridized carbons (Fsp3) is 1.00. The van der Waals surface area contributed by atoms with Gasteiger partial charge in [0, 0.05) is 12.6 Å². The molecule has 2 nitrogen and oxygen atoms in total. The van der Waals surface area contributed by atoms with Crippen molar-refractivity contribution >= 4 is 0 Å². The number of alkyl halides is 1. The van der Waals surface area contributed by atoms with Gasteiger partial charge in [-0.2, -0.15) is 0 Å². The van der Waals surface area contributed by atoms with Crippen molar-refractivity contribution in [2.24, 2.45) is 5.73 Å². The number of halogens is 1. The van der Waals surface area contributed by atoms with Gasteiger partial charge in [0.2, 0.25) is 0 Å². The second kappa shape index (κ2) is 4.15.